The quantitative estimate of drug-likeness (QED) is 0.464. The summed E-state index contributed by atoms with van der Waals surface area (Å²) in [5.41, 5.74) is 4.33. The molecule has 1 heterocycles. The topological polar surface area (TPSA) is 6.48 Å². The fourth-order valence-electron chi connectivity index (χ4n) is 3.64. The fraction of sp³-hybridized carbons (Fsp3) is 0.684. The second-order valence-electron chi connectivity index (χ2n) is 9.69. The largest absolute Gasteiger partial charge is 0.370 e. The van der Waals surface area contributed by atoms with E-state index in [0.717, 1.165) is 18.6 Å². The summed E-state index contributed by atoms with van der Waals surface area (Å²) < 4.78 is 5.54. The van der Waals surface area contributed by atoms with Crippen LogP contribution in [0.15, 0.2) is 24.3 Å². The Bertz CT molecular complexity index is 541. The Morgan fingerprint density at radius 1 is 0.913 bits per heavy atom. The molecular weight excluding hydrogens is 364 g/mol. The summed E-state index contributed by atoms with van der Waals surface area (Å²) in [5.74, 6) is 0. The predicted molar refractivity (Wildman–Crippen MR) is 108 cm³/mol. The van der Waals surface area contributed by atoms with Gasteiger partial charge in [-0.2, -0.15) is 0 Å². The molecule has 4 heteroatoms. The molecule has 0 N–H and O–H groups in total. The highest BCUT2D eigenvalue weighted by Gasteiger charge is 2.60. The Morgan fingerprint density at radius 3 is 1.61 bits per heavy atom. The zero-order valence-electron chi connectivity index (χ0n) is 15.5. The maximum absolute atomic E-state index is 4.38. The first-order valence-corrected chi connectivity index (χ1v) is 13.1. The van der Waals surface area contributed by atoms with Gasteiger partial charge in [-0.05, 0) is 35.8 Å². The monoisotopic (exact) mass is 394 g/mol. The minimum atomic E-state index is -1.86. The van der Waals surface area contributed by atoms with Crippen LogP contribution in [0, 0.1) is 10.8 Å². The molecule has 0 spiro atoms. The minimum Gasteiger partial charge on any atom is -0.370 e. The van der Waals surface area contributed by atoms with Crippen LogP contribution in [-0.4, -0.2) is 20.1 Å². The lowest BCUT2D eigenvalue weighted by Gasteiger charge is -2.44. The molecule has 1 aliphatic heterocycles. The van der Waals surface area contributed by atoms with Crippen molar-refractivity contribution in [1.82, 2.24) is 0 Å². The Labute approximate surface area is 151 Å². The van der Waals surface area contributed by atoms with Crippen LogP contribution in [0.25, 0.3) is 0 Å². The van der Waals surface area contributed by atoms with Crippen LogP contribution >= 0.6 is 15.3 Å². The lowest BCUT2D eigenvalue weighted by Crippen LogP contribution is -2.61. The van der Waals surface area contributed by atoms with E-state index in [2.05, 4.69) is 90.2 Å². The van der Waals surface area contributed by atoms with Gasteiger partial charge in [-0.1, -0.05) is 69.0 Å². The van der Waals surface area contributed by atoms with Crippen molar-refractivity contribution in [3.8, 4) is 0 Å². The van der Waals surface area contributed by atoms with Crippen molar-refractivity contribution in [2.75, 3.05) is 22.2 Å². The van der Waals surface area contributed by atoms with Gasteiger partial charge < -0.3 is 9.13 Å². The van der Waals surface area contributed by atoms with Crippen molar-refractivity contribution in [3.63, 3.8) is 0 Å². The van der Waals surface area contributed by atoms with E-state index >= 15 is 0 Å². The van der Waals surface area contributed by atoms with Gasteiger partial charge >= 0.3 is 7.02 Å². The summed E-state index contributed by atoms with van der Waals surface area (Å²) in [4.78, 5) is 0. The number of hydrogen-bond acceptors (Lipinski definition) is 2. The van der Waals surface area contributed by atoms with Crippen molar-refractivity contribution >= 4 is 33.7 Å². The first-order chi connectivity index (χ1) is 10.5. The van der Waals surface area contributed by atoms with Gasteiger partial charge in [0.25, 0.3) is 0 Å². The van der Waals surface area contributed by atoms with Gasteiger partial charge in [0.15, 0.2) is 0 Å². The SMILES string of the molecule is CC(C)(C)CN1c2ccccc2N(CC(C)(C)C)[Si]1(Br)C1CC1. The van der Waals surface area contributed by atoms with Crippen molar-refractivity contribution in [1.29, 1.82) is 0 Å². The van der Waals surface area contributed by atoms with E-state index < -0.39 is 7.02 Å². The average molecular weight is 395 g/mol. The summed E-state index contributed by atoms with van der Waals surface area (Å²) in [5, 5.41) is 0. The Kier molecular flexibility index (Phi) is 4.16. The van der Waals surface area contributed by atoms with E-state index in [1.165, 1.54) is 24.2 Å². The van der Waals surface area contributed by atoms with Gasteiger partial charge in [-0.25, -0.2) is 0 Å². The number of nitrogens with zero attached hydrogens (tertiary/aromatic N) is 2. The molecule has 0 bridgehead atoms. The van der Waals surface area contributed by atoms with Crippen LogP contribution in [-0.2, 0) is 0 Å². The Hall–Kier alpha value is -0.483. The molecule has 0 saturated heterocycles. The van der Waals surface area contributed by atoms with Crippen LogP contribution in [0.1, 0.15) is 54.4 Å². The van der Waals surface area contributed by atoms with Gasteiger partial charge in [0.1, 0.15) is 0 Å². The first kappa shape index (κ1) is 17.3. The summed E-state index contributed by atoms with van der Waals surface area (Å²) in [6.45, 7) is 16.4. The van der Waals surface area contributed by atoms with Crippen LogP contribution in [0.3, 0.4) is 0 Å². The molecule has 23 heavy (non-hydrogen) atoms. The molecule has 0 atom stereocenters. The molecule has 1 aromatic carbocycles. The highest BCUT2D eigenvalue weighted by Crippen LogP contribution is 2.59. The van der Waals surface area contributed by atoms with E-state index in [-0.39, 0.29) is 0 Å². The van der Waals surface area contributed by atoms with Gasteiger partial charge in [0.2, 0.25) is 0 Å². The van der Waals surface area contributed by atoms with Crippen molar-refractivity contribution in [3.05, 3.63) is 24.3 Å². The normalized spacial score (nSPS) is 20.8. The van der Waals surface area contributed by atoms with E-state index in [9.17, 15) is 0 Å². The van der Waals surface area contributed by atoms with Crippen LogP contribution in [0.4, 0.5) is 11.4 Å². The molecule has 1 aromatic rings. The van der Waals surface area contributed by atoms with Gasteiger partial charge in [-0.15, -0.1) is 0 Å². The average Bonchev–Trinajstić information content (AvgIpc) is 3.21. The second kappa shape index (κ2) is 5.52. The molecular formula is C19H31BrN2Si. The maximum Gasteiger partial charge on any atom is 0.341 e. The number of benzene rings is 1. The number of hydrogen-bond donors (Lipinski definition) is 0. The van der Waals surface area contributed by atoms with Crippen molar-refractivity contribution in [2.24, 2.45) is 10.8 Å². The smallest absolute Gasteiger partial charge is 0.341 e. The fourth-order valence-corrected chi connectivity index (χ4v) is 11.4. The maximum atomic E-state index is 4.38. The first-order valence-electron chi connectivity index (χ1n) is 8.86. The lowest BCUT2D eigenvalue weighted by atomic mass is 9.96. The van der Waals surface area contributed by atoms with Gasteiger partial charge in [-0.3, -0.25) is 0 Å². The van der Waals surface area contributed by atoms with E-state index in [1.807, 2.05) is 0 Å². The number of rotatable bonds is 3. The molecule has 0 radical (unpaired) electrons. The molecule has 128 valence electrons. The Morgan fingerprint density at radius 2 is 1.30 bits per heavy atom. The van der Waals surface area contributed by atoms with Gasteiger partial charge in [0, 0.05) is 18.6 Å². The molecule has 0 unspecified atom stereocenters. The molecule has 0 aromatic heterocycles. The minimum absolute atomic E-state index is 0.297. The highest BCUT2D eigenvalue weighted by molar-refractivity contribution is 9.26. The number of fused-ring (bicyclic) bond motifs is 1. The number of halogens is 1. The zero-order chi connectivity index (χ0) is 17.0. The van der Waals surface area contributed by atoms with Crippen molar-refractivity contribution in [2.45, 2.75) is 59.9 Å². The molecule has 0 amide bonds. The molecule has 2 nitrogen and oxygen atoms in total. The van der Waals surface area contributed by atoms with Gasteiger partial charge in [0.05, 0.1) is 11.4 Å². The van der Waals surface area contributed by atoms with Crippen LogP contribution in [0.5, 0.6) is 0 Å². The lowest BCUT2D eigenvalue weighted by molar-refractivity contribution is 0.423. The third kappa shape index (κ3) is 3.34. The second-order valence-corrected chi connectivity index (χ2v) is 16.4. The third-order valence-corrected chi connectivity index (χ3v) is 13.0. The molecule has 2 aliphatic rings. The predicted octanol–water partition coefficient (Wildman–Crippen LogP) is 5.90. The molecule has 1 aliphatic carbocycles. The zero-order valence-corrected chi connectivity index (χ0v) is 18.1. The highest BCUT2D eigenvalue weighted by atomic mass is 79.9. The van der Waals surface area contributed by atoms with Crippen LogP contribution < -0.4 is 9.13 Å². The van der Waals surface area contributed by atoms with E-state index in [1.54, 1.807) is 0 Å². The Balaban J connectivity index is 2.08. The van der Waals surface area contributed by atoms with Crippen molar-refractivity contribution < 1.29 is 0 Å². The van der Waals surface area contributed by atoms with E-state index in [4.69, 9.17) is 0 Å². The summed E-state index contributed by atoms with van der Waals surface area (Å²) in [6.07, 6.45) is 2.76. The number of anilines is 2. The van der Waals surface area contributed by atoms with Crippen LogP contribution in [0.2, 0.25) is 5.54 Å². The molecule has 1 saturated carbocycles. The summed E-state index contributed by atoms with van der Waals surface area (Å²) in [6, 6.07) is 9.05. The summed E-state index contributed by atoms with van der Waals surface area (Å²) in [7, 11) is -1.86. The third-order valence-electron chi connectivity index (χ3n) is 4.58. The summed E-state index contributed by atoms with van der Waals surface area (Å²) >= 11 is 4.38. The standard InChI is InChI=1S/C19H31BrN2Si/c1-18(2,3)13-21-16-9-7-8-10-17(16)22(14-19(4,5)6)23(21,20)15-11-12-15/h7-10,15H,11-14H2,1-6H3. The number of para-hydroxylation sites is 2. The molecule has 3 rings (SSSR count). The van der Waals surface area contributed by atoms with E-state index in [0.29, 0.717) is 10.8 Å². The molecule has 1 fully saturated rings.